The lowest BCUT2D eigenvalue weighted by Gasteiger charge is -2.31. The standard InChI is InChI=1S/C22H24FN3O4S/c1-15(17-7-8-20(30-2)19(23)13-17)25-22(27)16-9-11-26(12-10-16)31(28,29)21-6-4-3-5-18(21)14-24/h3-8,13,15-16H,9-12H2,1-2H3,(H,25,27). The zero-order valence-corrected chi connectivity index (χ0v) is 18.2. The van der Waals surface area contributed by atoms with Crippen molar-refractivity contribution in [1.82, 2.24) is 9.62 Å². The lowest BCUT2D eigenvalue weighted by atomic mass is 9.96. The smallest absolute Gasteiger partial charge is 0.244 e. The van der Waals surface area contributed by atoms with Crippen LogP contribution in [0.25, 0.3) is 0 Å². The summed E-state index contributed by atoms with van der Waals surface area (Å²) in [5.74, 6) is -0.910. The molecule has 9 heteroatoms. The first-order valence-electron chi connectivity index (χ1n) is 9.91. The van der Waals surface area contributed by atoms with E-state index >= 15 is 0 Å². The van der Waals surface area contributed by atoms with Crippen LogP contribution in [0.5, 0.6) is 5.75 Å². The third-order valence-electron chi connectivity index (χ3n) is 5.48. The summed E-state index contributed by atoms with van der Waals surface area (Å²) in [6.07, 6.45) is 0.729. The molecule has 2 aromatic carbocycles. The van der Waals surface area contributed by atoms with Gasteiger partial charge in [-0.05, 0) is 49.6 Å². The second kappa shape index (κ2) is 9.45. The number of nitrogens with one attached hydrogen (secondary N) is 1. The Labute approximate surface area is 181 Å². The second-order valence-corrected chi connectivity index (χ2v) is 9.32. The van der Waals surface area contributed by atoms with Crippen molar-refractivity contribution in [3.8, 4) is 11.8 Å². The normalized spacial score (nSPS) is 16.3. The maximum absolute atomic E-state index is 13.9. The van der Waals surface area contributed by atoms with E-state index in [0.29, 0.717) is 18.4 Å². The van der Waals surface area contributed by atoms with Crippen LogP contribution in [-0.2, 0) is 14.8 Å². The molecule has 0 aliphatic carbocycles. The number of nitrogens with zero attached hydrogens (tertiary/aromatic N) is 2. The van der Waals surface area contributed by atoms with E-state index in [4.69, 9.17) is 4.74 Å². The Kier molecular flexibility index (Phi) is 6.93. The molecule has 0 radical (unpaired) electrons. The molecule has 0 spiro atoms. The minimum atomic E-state index is -3.81. The van der Waals surface area contributed by atoms with E-state index in [2.05, 4.69) is 5.32 Å². The maximum Gasteiger partial charge on any atom is 0.244 e. The molecule has 3 rings (SSSR count). The Morgan fingerprint density at radius 2 is 1.94 bits per heavy atom. The molecule has 0 aromatic heterocycles. The zero-order valence-electron chi connectivity index (χ0n) is 17.3. The number of sulfonamides is 1. The van der Waals surface area contributed by atoms with Gasteiger partial charge < -0.3 is 10.1 Å². The fourth-order valence-electron chi connectivity index (χ4n) is 3.65. The highest BCUT2D eigenvalue weighted by Crippen LogP contribution is 2.27. The first kappa shape index (κ1) is 22.7. The number of methoxy groups -OCH3 is 1. The first-order chi connectivity index (χ1) is 14.8. The van der Waals surface area contributed by atoms with Crippen molar-refractivity contribution >= 4 is 15.9 Å². The average Bonchev–Trinajstić information content (AvgIpc) is 2.78. The van der Waals surface area contributed by atoms with Gasteiger partial charge in [0.05, 0.1) is 23.6 Å². The van der Waals surface area contributed by atoms with E-state index in [1.165, 1.54) is 35.7 Å². The zero-order chi connectivity index (χ0) is 22.6. The summed E-state index contributed by atoms with van der Waals surface area (Å²) in [4.78, 5) is 12.7. The molecule has 1 saturated heterocycles. The Balaban J connectivity index is 1.62. The van der Waals surface area contributed by atoms with Gasteiger partial charge in [-0.25, -0.2) is 12.8 Å². The van der Waals surface area contributed by atoms with Crippen LogP contribution in [0.1, 0.15) is 36.9 Å². The maximum atomic E-state index is 13.9. The minimum absolute atomic E-state index is 0.0180. The van der Waals surface area contributed by atoms with Gasteiger partial charge in [0.15, 0.2) is 11.6 Å². The number of halogens is 1. The van der Waals surface area contributed by atoms with Gasteiger partial charge in [-0.3, -0.25) is 4.79 Å². The van der Waals surface area contributed by atoms with Gasteiger partial charge in [0.25, 0.3) is 0 Å². The van der Waals surface area contributed by atoms with Crippen molar-refractivity contribution in [1.29, 1.82) is 5.26 Å². The molecular weight excluding hydrogens is 421 g/mol. The Morgan fingerprint density at radius 3 is 2.55 bits per heavy atom. The SMILES string of the molecule is COc1ccc(C(C)NC(=O)C2CCN(S(=O)(=O)c3ccccc3C#N)CC2)cc1F. The predicted octanol–water partition coefficient (Wildman–Crippen LogP) is 2.98. The largest absolute Gasteiger partial charge is 0.494 e. The highest BCUT2D eigenvalue weighted by atomic mass is 32.2. The van der Waals surface area contributed by atoms with Crippen molar-refractivity contribution in [3.05, 3.63) is 59.4 Å². The summed E-state index contributed by atoms with van der Waals surface area (Å²) in [6, 6.07) is 12.1. The number of hydrogen-bond acceptors (Lipinski definition) is 5. The van der Waals surface area contributed by atoms with E-state index in [9.17, 15) is 22.9 Å². The third-order valence-corrected chi connectivity index (χ3v) is 7.44. The quantitative estimate of drug-likeness (QED) is 0.737. The van der Waals surface area contributed by atoms with Crippen molar-refractivity contribution in [2.24, 2.45) is 5.92 Å². The molecular formula is C22H24FN3O4S. The number of rotatable bonds is 6. The molecule has 1 aliphatic heterocycles. The van der Waals surface area contributed by atoms with Gasteiger partial charge in [-0.15, -0.1) is 0 Å². The molecule has 0 saturated carbocycles. The lowest BCUT2D eigenvalue weighted by molar-refractivity contribution is -0.126. The highest BCUT2D eigenvalue weighted by molar-refractivity contribution is 7.89. The average molecular weight is 446 g/mol. The van der Waals surface area contributed by atoms with Crippen LogP contribution >= 0.6 is 0 Å². The number of amides is 1. The van der Waals surface area contributed by atoms with Crippen molar-refractivity contribution in [2.75, 3.05) is 20.2 Å². The van der Waals surface area contributed by atoms with E-state index in [0.717, 1.165) is 0 Å². The molecule has 1 unspecified atom stereocenters. The molecule has 1 aliphatic rings. The lowest BCUT2D eigenvalue weighted by Crippen LogP contribution is -2.43. The molecule has 2 aromatic rings. The molecule has 164 valence electrons. The van der Waals surface area contributed by atoms with Crippen LogP contribution < -0.4 is 10.1 Å². The fourth-order valence-corrected chi connectivity index (χ4v) is 5.26. The summed E-state index contributed by atoms with van der Waals surface area (Å²) >= 11 is 0. The second-order valence-electron chi connectivity index (χ2n) is 7.41. The molecule has 1 N–H and O–H groups in total. The van der Waals surface area contributed by atoms with E-state index in [1.54, 1.807) is 25.1 Å². The van der Waals surface area contributed by atoms with Gasteiger partial charge in [0, 0.05) is 19.0 Å². The Bertz CT molecular complexity index is 1110. The topological polar surface area (TPSA) is 99.5 Å². The summed E-state index contributed by atoms with van der Waals surface area (Å²) in [5, 5.41) is 12.1. The summed E-state index contributed by atoms with van der Waals surface area (Å²) in [6.45, 7) is 2.13. The number of carbonyl (C=O) groups excluding carboxylic acids is 1. The predicted molar refractivity (Wildman–Crippen MR) is 112 cm³/mol. The number of piperidine rings is 1. The first-order valence-corrected chi connectivity index (χ1v) is 11.3. The monoisotopic (exact) mass is 445 g/mol. The van der Waals surface area contributed by atoms with Crippen molar-refractivity contribution in [3.63, 3.8) is 0 Å². The van der Waals surface area contributed by atoms with Gasteiger partial charge >= 0.3 is 0 Å². The fraction of sp³-hybridized carbons (Fsp3) is 0.364. The van der Waals surface area contributed by atoms with Crippen LogP contribution in [-0.4, -0.2) is 38.8 Å². The molecule has 1 amide bonds. The molecule has 7 nitrogen and oxygen atoms in total. The van der Waals surface area contributed by atoms with Crippen molar-refractivity contribution < 1.29 is 22.3 Å². The number of hydrogen-bond donors (Lipinski definition) is 1. The van der Waals surface area contributed by atoms with E-state index < -0.39 is 21.9 Å². The van der Waals surface area contributed by atoms with Crippen LogP contribution in [0.2, 0.25) is 0 Å². The Hall–Kier alpha value is -2.96. The van der Waals surface area contributed by atoms with Crippen LogP contribution in [0, 0.1) is 23.1 Å². The molecule has 1 atom stereocenters. The van der Waals surface area contributed by atoms with Gasteiger partial charge in [0.2, 0.25) is 15.9 Å². The van der Waals surface area contributed by atoms with Crippen molar-refractivity contribution in [2.45, 2.75) is 30.7 Å². The third kappa shape index (κ3) is 4.86. The molecule has 1 fully saturated rings. The van der Waals surface area contributed by atoms with Crippen LogP contribution in [0.3, 0.4) is 0 Å². The molecule has 0 bridgehead atoms. The van der Waals surface area contributed by atoms with E-state index in [1.807, 2.05) is 6.07 Å². The highest BCUT2D eigenvalue weighted by Gasteiger charge is 2.33. The van der Waals surface area contributed by atoms with E-state index in [-0.39, 0.29) is 41.1 Å². The Morgan fingerprint density at radius 1 is 1.26 bits per heavy atom. The number of nitriles is 1. The van der Waals surface area contributed by atoms with Crippen LogP contribution in [0.15, 0.2) is 47.4 Å². The van der Waals surface area contributed by atoms with Gasteiger partial charge in [-0.2, -0.15) is 9.57 Å². The summed E-state index contributed by atoms with van der Waals surface area (Å²) in [7, 11) is -2.42. The number of ether oxygens (including phenoxy) is 1. The molecule has 31 heavy (non-hydrogen) atoms. The van der Waals surface area contributed by atoms with Gasteiger partial charge in [0.1, 0.15) is 6.07 Å². The summed E-state index contributed by atoms with van der Waals surface area (Å²) < 4.78 is 46.0. The number of carbonyl (C=O) groups is 1. The minimum Gasteiger partial charge on any atom is -0.494 e. The van der Waals surface area contributed by atoms with Gasteiger partial charge in [-0.1, -0.05) is 18.2 Å². The number of benzene rings is 2. The van der Waals surface area contributed by atoms with Crippen LogP contribution in [0.4, 0.5) is 4.39 Å². The molecule has 1 heterocycles. The summed E-state index contributed by atoms with van der Waals surface area (Å²) in [5.41, 5.74) is 0.711.